The van der Waals surface area contributed by atoms with Gasteiger partial charge in [0.25, 0.3) is 5.91 Å². The second-order valence-corrected chi connectivity index (χ2v) is 7.07. The maximum atomic E-state index is 12.6. The lowest BCUT2D eigenvalue weighted by molar-refractivity contribution is -0.133. The molecule has 2 aliphatic heterocycles. The normalized spacial score (nSPS) is 23.6. The number of halogens is 1. The van der Waals surface area contributed by atoms with E-state index in [4.69, 9.17) is 10.5 Å². The number of carbonyl (C=O) groups excluding carboxylic acids is 2. The van der Waals surface area contributed by atoms with E-state index in [1.54, 1.807) is 11.8 Å². The number of likely N-dealkylation sites (tertiary alicyclic amines) is 1. The van der Waals surface area contributed by atoms with E-state index in [1.165, 1.54) is 0 Å². The summed E-state index contributed by atoms with van der Waals surface area (Å²) in [7, 11) is 0. The fourth-order valence-corrected chi connectivity index (χ4v) is 3.62. The summed E-state index contributed by atoms with van der Waals surface area (Å²) in [6.07, 6.45) is 1.86. The topological polar surface area (TPSA) is 75.9 Å². The Labute approximate surface area is 161 Å². The predicted octanol–water partition coefficient (Wildman–Crippen LogP) is 2.20. The number of carbonyl (C=O) groups is 2. The van der Waals surface area contributed by atoms with E-state index in [9.17, 15) is 9.59 Å². The number of ether oxygens (including phenoxy) is 1. The lowest BCUT2D eigenvalue weighted by atomic mass is 9.92. The van der Waals surface area contributed by atoms with Crippen LogP contribution >= 0.6 is 12.4 Å². The third-order valence-corrected chi connectivity index (χ3v) is 5.18. The lowest BCUT2D eigenvalue weighted by Gasteiger charge is -2.36. The molecule has 3 atom stereocenters. The van der Waals surface area contributed by atoms with Gasteiger partial charge < -0.3 is 20.3 Å². The van der Waals surface area contributed by atoms with E-state index in [2.05, 4.69) is 0 Å². The summed E-state index contributed by atoms with van der Waals surface area (Å²) in [5.74, 6) is 1.05. The number of nitrogens with zero attached hydrogens (tertiary/aromatic N) is 2. The van der Waals surface area contributed by atoms with Gasteiger partial charge in [0.05, 0.1) is 5.69 Å². The average molecular weight is 382 g/mol. The van der Waals surface area contributed by atoms with Gasteiger partial charge in [0.1, 0.15) is 5.75 Å². The van der Waals surface area contributed by atoms with Crippen LogP contribution in [0.2, 0.25) is 0 Å². The molecule has 2 N–H and O–H groups in total. The molecule has 3 rings (SSSR count). The Morgan fingerprint density at radius 1 is 1.38 bits per heavy atom. The van der Waals surface area contributed by atoms with Crippen LogP contribution in [0.5, 0.6) is 5.75 Å². The number of fused-ring (bicyclic) bond motifs is 1. The van der Waals surface area contributed by atoms with E-state index in [0.29, 0.717) is 24.6 Å². The van der Waals surface area contributed by atoms with Gasteiger partial charge in [-0.05, 0) is 44.7 Å². The third kappa shape index (κ3) is 4.30. The number of para-hydroxylation sites is 2. The van der Waals surface area contributed by atoms with Crippen molar-refractivity contribution < 1.29 is 14.3 Å². The number of nitrogens with two attached hydrogens (primary N) is 1. The van der Waals surface area contributed by atoms with Crippen LogP contribution in [0.3, 0.4) is 0 Å². The van der Waals surface area contributed by atoms with Gasteiger partial charge in [-0.2, -0.15) is 0 Å². The first kappa shape index (κ1) is 20.5. The van der Waals surface area contributed by atoms with E-state index in [-0.39, 0.29) is 30.3 Å². The molecule has 2 aliphatic rings. The first-order chi connectivity index (χ1) is 12.0. The first-order valence-corrected chi connectivity index (χ1v) is 9.08. The fourth-order valence-electron chi connectivity index (χ4n) is 3.62. The molecule has 6 nitrogen and oxygen atoms in total. The van der Waals surface area contributed by atoms with Crippen molar-refractivity contribution in [1.29, 1.82) is 0 Å². The summed E-state index contributed by atoms with van der Waals surface area (Å²) in [6, 6.07) is 7.57. The van der Waals surface area contributed by atoms with Crippen molar-refractivity contribution in [3.05, 3.63) is 24.3 Å². The Morgan fingerprint density at radius 3 is 2.85 bits per heavy atom. The highest BCUT2D eigenvalue weighted by atomic mass is 35.5. The zero-order valence-electron chi connectivity index (χ0n) is 15.4. The van der Waals surface area contributed by atoms with Gasteiger partial charge in [0.15, 0.2) is 6.10 Å². The van der Waals surface area contributed by atoms with Gasteiger partial charge in [0, 0.05) is 32.1 Å². The zero-order chi connectivity index (χ0) is 18.0. The summed E-state index contributed by atoms with van der Waals surface area (Å²) < 4.78 is 5.64. The number of benzene rings is 1. The molecule has 0 aromatic heterocycles. The molecular weight excluding hydrogens is 354 g/mol. The minimum absolute atomic E-state index is 0. The monoisotopic (exact) mass is 381 g/mol. The molecular formula is C19H28ClN3O3. The molecule has 1 aromatic rings. The van der Waals surface area contributed by atoms with Crippen LogP contribution in [0.1, 0.15) is 33.1 Å². The minimum Gasteiger partial charge on any atom is -0.479 e. The van der Waals surface area contributed by atoms with E-state index < -0.39 is 6.10 Å². The molecule has 144 valence electrons. The van der Waals surface area contributed by atoms with Gasteiger partial charge in [-0.3, -0.25) is 9.59 Å². The fraction of sp³-hybridized carbons (Fsp3) is 0.579. The Bertz CT molecular complexity index is 653. The Kier molecular flexibility index (Phi) is 6.89. The van der Waals surface area contributed by atoms with E-state index in [0.717, 1.165) is 31.6 Å². The van der Waals surface area contributed by atoms with Gasteiger partial charge in [-0.1, -0.05) is 12.1 Å². The van der Waals surface area contributed by atoms with Gasteiger partial charge in [0.2, 0.25) is 5.91 Å². The number of anilines is 1. The van der Waals surface area contributed by atoms with Crippen LogP contribution in [0.4, 0.5) is 5.69 Å². The maximum absolute atomic E-state index is 12.6. The molecule has 7 heteroatoms. The van der Waals surface area contributed by atoms with Crippen LogP contribution in [-0.4, -0.2) is 48.5 Å². The SMILES string of the molecule is CC1Oc2ccccc2N(CCC(=O)N2CCCC(C(C)N)C2)C1=O.Cl. The molecule has 1 aromatic carbocycles. The zero-order valence-corrected chi connectivity index (χ0v) is 16.2. The molecule has 1 fully saturated rings. The van der Waals surface area contributed by atoms with Crippen molar-refractivity contribution in [3.8, 4) is 5.75 Å². The Morgan fingerprint density at radius 2 is 2.12 bits per heavy atom. The molecule has 0 aliphatic carbocycles. The highest BCUT2D eigenvalue weighted by Crippen LogP contribution is 2.33. The number of amides is 2. The van der Waals surface area contributed by atoms with Crippen molar-refractivity contribution in [2.24, 2.45) is 11.7 Å². The van der Waals surface area contributed by atoms with Gasteiger partial charge >= 0.3 is 0 Å². The molecule has 0 saturated carbocycles. The molecule has 26 heavy (non-hydrogen) atoms. The van der Waals surface area contributed by atoms with Crippen molar-refractivity contribution >= 4 is 29.9 Å². The summed E-state index contributed by atoms with van der Waals surface area (Å²) in [4.78, 5) is 28.7. The van der Waals surface area contributed by atoms with Gasteiger partial charge in [-0.15, -0.1) is 12.4 Å². The average Bonchev–Trinajstić information content (AvgIpc) is 2.62. The summed E-state index contributed by atoms with van der Waals surface area (Å²) in [5, 5.41) is 0. The number of rotatable bonds is 4. The van der Waals surface area contributed by atoms with Gasteiger partial charge in [-0.25, -0.2) is 0 Å². The third-order valence-electron chi connectivity index (χ3n) is 5.18. The molecule has 2 heterocycles. The maximum Gasteiger partial charge on any atom is 0.267 e. The lowest BCUT2D eigenvalue weighted by Crippen LogP contribution is -2.48. The number of piperidine rings is 1. The Balaban J connectivity index is 0.00000243. The smallest absolute Gasteiger partial charge is 0.267 e. The van der Waals surface area contributed by atoms with Crippen LogP contribution in [0.25, 0.3) is 0 Å². The quantitative estimate of drug-likeness (QED) is 0.867. The second kappa shape index (κ2) is 8.73. The molecule has 1 saturated heterocycles. The predicted molar refractivity (Wildman–Crippen MR) is 104 cm³/mol. The summed E-state index contributed by atoms with van der Waals surface area (Å²) in [5.41, 5.74) is 6.74. The highest BCUT2D eigenvalue weighted by Gasteiger charge is 2.32. The van der Waals surface area contributed by atoms with E-state index in [1.807, 2.05) is 36.1 Å². The Hall–Kier alpha value is -1.79. The van der Waals surface area contributed by atoms with Crippen molar-refractivity contribution in [2.75, 3.05) is 24.5 Å². The summed E-state index contributed by atoms with van der Waals surface area (Å²) in [6.45, 7) is 5.63. The molecule has 2 amide bonds. The van der Waals surface area contributed by atoms with Crippen LogP contribution in [0.15, 0.2) is 24.3 Å². The summed E-state index contributed by atoms with van der Waals surface area (Å²) >= 11 is 0. The highest BCUT2D eigenvalue weighted by molar-refractivity contribution is 6.00. The van der Waals surface area contributed by atoms with Crippen molar-refractivity contribution in [1.82, 2.24) is 4.90 Å². The number of hydrogen-bond donors (Lipinski definition) is 1. The first-order valence-electron chi connectivity index (χ1n) is 9.08. The molecule has 0 spiro atoms. The van der Waals surface area contributed by atoms with Crippen molar-refractivity contribution in [3.63, 3.8) is 0 Å². The van der Waals surface area contributed by atoms with Crippen LogP contribution in [-0.2, 0) is 9.59 Å². The largest absolute Gasteiger partial charge is 0.479 e. The van der Waals surface area contributed by atoms with Crippen molar-refractivity contribution in [2.45, 2.75) is 45.3 Å². The van der Waals surface area contributed by atoms with Crippen LogP contribution in [0, 0.1) is 5.92 Å². The van der Waals surface area contributed by atoms with E-state index >= 15 is 0 Å². The molecule has 0 radical (unpaired) electrons. The molecule has 3 unspecified atom stereocenters. The molecule has 0 bridgehead atoms. The van der Waals surface area contributed by atoms with Crippen LogP contribution < -0.4 is 15.4 Å². The minimum atomic E-state index is -0.526. The standard InChI is InChI=1S/C19H27N3O3.ClH/c1-13(20)15-6-5-10-21(12-15)18(23)9-11-22-16-7-3-4-8-17(16)25-14(2)19(22)24;/h3-4,7-8,13-15H,5-6,9-12,20H2,1-2H3;1H. The second-order valence-electron chi connectivity index (χ2n) is 7.07. The number of hydrogen-bond acceptors (Lipinski definition) is 4.